The third kappa shape index (κ3) is 2.48. The van der Waals surface area contributed by atoms with Crippen LogP contribution in [0.25, 0.3) is 11.6 Å². The minimum absolute atomic E-state index is 0.205. The van der Waals surface area contributed by atoms with Crippen LogP contribution < -0.4 is 0 Å². The predicted molar refractivity (Wildman–Crippen MR) is 65.6 cm³/mol. The molecule has 1 N–H and O–H groups in total. The SMILES string of the molecule is COC1(c2noc(-c3[nH]ncc3C(F)(F)F)n2)CCOCC1. The van der Waals surface area contributed by atoms with Crippen molar-refractivity contribution in [1.29, 1.82) is 0 Å². The van der Waals surface area contributed by atoms with Gasteiger partial charge in [0.2, 0.25) is 5.82 Å². The van der Waals surface area contributed by atoms with Gasteiger partial charge in [-0.3, -0.25) is 5.10 Å². The number of alkyl halides is 3. The normalized spacial score (nSPS) is 18.5. The molecule has 10 heteroatoms. The lowest BCUT2D eigenvalue weighted by Crippen LogP contribution is -2.36. The van der Waals surface area contributed by atoms with E-state index in [-0.39, 0.29) is 17.4 Å². The van der Waals surface area contributed by atoms with E-state index in [2.05, 4.69) is 20.3 Å². The monoisotopic (exact) mass is 318 g/mol. The second kappa shape index (κ2) is 5.36. The number of halogens is 3. The molecule has 0 aromatic carbocycles. The van der Waals surface area contributed by atoms with Gasteiger partial charge in [0.05, 0.1) is 6.20 Å². The highest BCUT2D eigenvalue weighted by Gasteiger charge is 2.41. The van der Waals surface area contributed by atoms with Crippen LogP contribution in [0.15, 0.2) is 10.7 Å². The first-order valence-corrected chi connectivity index (χ1v) is 6.54. The van der Waals surface area contributed by atoms with Gasteiger partial charge in [-0.2, -0.15) is 23.3 Å². The Morgan fingerprint density at radius 3 is 2.68 bits per heavy atom. The van der Waals surface area contributed by atoms with E-state index in [0.717, 1.165) is 0 Å². The van der Waals surface area contributed by atoms with Crippen molar-refractivity contribution in [2.75, 3.05) is 20.3 Å². The van der Waals surface area contributed by atoms with Crippen molar-refractivity contribution in [2.24, 2.45) is 0 Å². The van der Waals surface area contributed by atoms with E-state index in [1.165, 1.54) is 7.11 Å². The molecule has 0 radical (unpaired) electrons. The molecule has 1 saturated heterocycles. The third-order valence-corrected chi connectivity index (χ3v) is 3.68. The van der Waals surface area contributed by atoms with Crippen LogP contribution in [0.2, 0.25) is 0 Å². The van der Waals surface area contributed by atoms with E-state index >= 15 is 0 Å². The Morgan fingerprint density at radius 1 is 1.32 bits per heavy atom. The summed E-state index contributed by atoms with van der Waals surface area (Å²) in [4.78, 5) is 4.06. The molecule has 0 atom stereocenters. The highest BCUT2D eigenvalue weighted by Crippen LogP contribution is 2.37. The Morgan fingerprint density at radius 2 is 2.05 bits per heavy atom. The molecule has 3 rings (SSSR count). The van der Waals surface area contributed by atoms with Crippen LogP contribution in [0, 0.1) is 0 Å². The second-order valence-electron chi connectivity index (χ2n) is 4.89. The molecule has 0 unspecified atom stereocenters. The maximum absolute atomic E-state index is 12.9. The number of nitrogens with one attached hydrogen (secondary N) is 1. The van der Waals surface area contributed by atoms with Gasteiger partial charge in [0, 0.05) is 33.2 Å². The number of ether oxygens (including phenoxy) is 2. The zero-order chi connectivity index (χ0) is 15.8. The summed E-state index contributed by atoms with van der Waals surface area (Å²) in [6.07, 6.45) is -2.89. The maximum Gasteiger partial charge on any atom is 0.420 e. The first-order chi connectivity index (χ1) is 10.5. The minimum Gasteiger partial charge on any atom is -0.381 e. The van der Waals surface area contributed by atoms with E-state index in [0.29, 0.717) is 32.3 Å². The zero-order valence-electron chi connectivity index (χ0n) is 11.6. The molecule has 1 aliphatic rings. The Balaban J connectivity index is 1.96. The van der Waals surface area contributed by atoms with Gasteiger partial charge < -0.3 is 14.0 Å². The van der Waals surface area contributed by atoms with Gasteiger partial charge in [0.1, 0.15) is 16.9 Å². The van der Waals surface area contributed by atoms with Crippen molar-refractivity contribution < 1.29 is 27.2 Å². The standard InChI is InChI=1S/C12H13F3N4O3/c1-20-11(2-4-21-5-3-11)10-17-9(22-19-10)8-7(6-16-18-8)12(13,14)15/h6H,2-5H2,1H3,(H,16,18). The van der Waals surface area contributed by atoms with Gasteiger partial charge in [0.25, 0.3) is 5.89 Å². The van der Waals surface area contributed by atoms with Gasteiger partial charge in [0.15, 0.2) is 0 Å². The number of aromatic nitrogens is 4. The summed E-state index contributed by atoms with van der Waals surface area (Å²) in [5.41, 5.74) is -2.12. The second-order valence-corrected chi connectivity index (χ2v) is 4.89. The topological polar surface area (TPSA) is 86.1 Å². The Hall–Kier alpha value is -1.94. The largest absolute Gasteiger partial charge is 0.420 e. The molecule has 22 heavy (non-hydrogen) atoms. The van der Waals surface area contributed by atoms with Crippen LogP contribution in [-0.2, 0) is 21.3 Å². The minimum atomic E-state index is -4.56. The van der Waals surface area contributed by atoms with Gasteiger partial charge in [-0.05, 0) is 0 Å². The number of aromatic amines is 1. The fourth-order valence-corrected chi connectivity index (χ4v) is 2.39. The molecule has 2 aromatic rings. The molecule has 0 spiro atoms. The fraction of sp³-hybridized carbons (Fsp3) is 0.583. The first kappa shape index (κ1) is 15.0. The molecule has 1 fully saturated rings. The molecule has 0 saturated carbocycles. The third-order valence-electron chi connectivity index (χ3n) is 3.68. The summed E-state index contributed by atoms with van der Waals surface area (Å²) < 4.78 is 54.3. The molecule has 1 aliphatic heterocycles. The van der Waals surface area contributed by atoms with Crippen LogP contribution in [0.1, 0.15) is 24.2 Å². The van der Waals surface area contributed by atoms with Crippen molar-refractivity contribution >= 4 is 0 Å². The number of hydrogen-bond donors (Lipinski definition) is 1. The quantitative estimate of drug-likeness (QED) is 0.933. The van der Waals surface area contributed by atoms with Gasteiger partial charge >= 0.3 is 6.18 Å². The molecule has 7 nitrogen and oxygen atoms in total. The summed E-state index contributed by atoms with van der Waals surface area (Å²) in [6.45, 7) is 0.908. The number of rotatable bonds is 3. The number of hydrogen-bond acceptors (Lipinski definition) is 6. The van der Waals surface area contributed by atoms with Crippen molar-refractivity contribution in [1.82, 2.24) is 20.3 Å². The summed E-state index contributed by atoms with van der Waals surface area (Å²) in [6, 6.07) is 0. The molecular weight excluding hydrogens is 305 g/mol. The smallest absolute Gasteiger partial charge is 0.381 e. The summed E-state index contributed by atoms with van der Waals surface area (Å²) in [5, 5.41) is 9.42. The Labute approximate surface area is 122 Å². The average molecular weight is 318 g/mol. The molecule has 0 bridgehead atoms. The van der Waals surface area contributed by atoms with Gasteiger partial charge in [-0.1, -0.05) is 5.16 Å². The van der Waals surface area contributed by atoms with E-state index in [1.54, 1.807) is 0 Å². The van der Waals surface area contributed by atoms with E-state index < -0.39 is 17.3 Å². The van der Waals surface area contributed by atoms with Gasteiger partial charge in [-0.15, -0.1) is 0 Å². The lowest BCUT2D eigenvalue weighted by molar-refractivity contribution is -0.137. The highest BCUT2D eigenvalue weighted by atomic mass is 19.4. The molecule has 0 amide bonds. The summed E-state index contributed by atoms with van der Waals surface area (Å²) in [5.74, 6) is -0.0706. The van der Waals surface area contributed by atoms with Crippen molar-refractivity contribution in [3.8, 4) is 11.6 Å². The molecule has 3 heterocycles. The van der Waals surface area contributed by atoms with Crippen LogP contribution in [-0.4, -0.2) is 40.7 Å². The highest BCUT2D eigenvalue weighted by molar-refractivity contribution is 5.53. The predicted octanol–water partition coefficient (Wildman–Crippen LogP) is 2.13. The van der Waals surface area contributed by atoms with Crippen LogP contribution >= 0.6 is 0 Å². The Kier molecular flexibility index (Phi) is 3.65. The van der Waals surface area contributed by atoms with Crippen molar-refractivity contribution in [3.05, 3.63) is 17.6 Å². The lowest BCUT2D eigenvalue weighted by atomic mass is 9.93. The van der Waals surface area contributed by atoms with Crippen LogP contribution in [0.3, 0.4) is 0 Å². The van der Waals surface area contributed by atoms with Crippen molar-refractivity contribution in [3.63, 3.8) is 0 Å². The molecular formula is C12H13F3N4O3. The Bertz CT molecular complexity index is 646. The summed E-state index contributed by atoms with van der Waals surface area (Å²) >= 11 is 0. The van der Waals surface area contributed by atoms with E-state index in [9.17, 15) is 13.2 Å². The maximum atomic E-state index is 12.9. The number of methoxy groups -OCH3 is 1. The molecule has 120 valence electrons. The van der Waals surface area contributed by atoms with Crippen LogP contribution in [0.4, 0.5) is 13.2 Å². The molecule has 0 aliphatic carbocycles. The van der Waals surface area contributed by atoms with E-state index in [4.69, 9.17) is 14.0 Å². The average Bonchev–Trinajstić information content (AvgIpc) is 3.16. The lowest BCUT2D eigenvalue weighted by Gasteiger charge is -2.32. The van der Waals surface area contributed by atoms with E-state index in [1.807, 2.05) is 0 Å². The van der Waals surface area contributed by atoms with Gasteiger partial charge in [-0.25, -0.2) is 0 Å². The summed E-state index contributed by atoms with van der Waals surface area (Å²) in [7, 11) is 1.50. The van der Waals surface area contributed by atoms with Crippen LogP contribution in [0.5, 0.6) is 0 Å². The first-order valence-electron chi connectivity index (χ1n) is 6.54. The zero-order valence-corrected chi connectivity index (χ0v) is 11.6. The molecule has 2 aromatic heterocycles. The fourth-order valence-electron chi connectivity index (χ4n) is 2.39. The van der Waals surface area contributed by atoms with Crippen molar-refractivity contribution in [2.45, 2.75) is 24.6 Å². The number of H-pyrrole nitrogens is 1. The number of nitrogens with zero attached hydrogens (tertiary/aromatic N) is 3.